The van der Waals surface area contributed by atoms with Crippen LogP contribution >= 0.6 is 15.9 Å². The largest absolute Gasteiger partial charge is 0.388 e. The molecule has 0 aromatic heterocycles. The van der Waals surface area contributed by atoms with Gasteiger partial charge in [-0.25, -0.2) is 0 Å². The van der Waals surface area contributed by atoms with Crippen molar-refractivity contribution >= 4 is 21.6 Å². The molecule has 76 valence electrons. The molecule has 0 spiro atoms. The summed E-state index contributed by atoms with van der Waals surface area (Å²) in [6.45, 7) is 0. The van der Waals surface area contributed by atoms with Crippen molar-refractivity contribution in [3.05, 3.63) is 53.0 Å². The SMILES string of the molecule is CNc1ccc(Br)cc1-c1ccccc1. The lowest BCUT2D eigenvalue weighted by Crippen LogP contribution is -1.91. The van der Waals surface area contributed by atoms with E-state index >= 15 is 0 Å². The van der Waals surface area contributed by atoms with Crippen LogP contribution in [0.1, 0.15) is 0 Å². The minimum Gasteiger partial charge on any atom is -0.388 e. The molecule has 0 aliphatic carbocycles. The van der Waals surface area contributed by atoms with E-state index in [1.165, 1.54) is 11.1 Å². The van der Waals surface area contributed by atoms with E-state index in [4.69, 9.17) is 0 Å². The highest BCUT2D eigenvalue weighted by atomic mass is 79.9. The molecule has 2 rings (SSSR count). The maximum atomic E-state index is 3.49. The molecule has 0 atom stereocenters. The fraction of sp³-hybridized carbons (Fsp3) is 0.0769. The Morgan fingerprint density at radius 3 is 2.40 bits per heavy atom. The number of rotatable bonds is 2. The molecule has 2 heteroatoms. The molecule has 1 N–H and O–H groups in total. The maximum absolute atomic E-state index is 3.49. The smallest absolute Gasteiger partial charge is 0.0418 e. The van der Waals surface area contributed by atoms with Crippen molar-refractivity contribution < 1.29 is 0 Å². The second kappa shape index (κ2) is 4.49. The second-order valence-electron chi connectivity index (χ2n) is 3.31. The molecule has 0 amide bonds. The molecule has 0 aliphatic heterocycles. The average molecular weight is 262 g/mol. The van der Waals surface area contributed by atoms with Crippen LogP contribution in [-0.2, 0) is 0 Å². The highest BCUT2D eigenvalue weighted by Crippen LogP contribution is 2.30. The summed E-state index contributed by atoms with van der Waals surface area (Å²) in [6.07, 6.45) is 0. The molecule has 15 heavy (non-hydrogen) atoms. The van der Waals surface area contributed by atoms with Crippen LogP contribution in [0.2, 0.25) is 0 Å². The zero-order valence-corrected chi connectivity index (χ0v) is 10.1. The van der Waals surface area contributed by atoms with E-state index in [2.05, 4.69) is 57.6 Å². The first-order valence-corrected chi connectivity index (χ1v) is 5.63. The van der Waals surface area contributed by atoms with Gasteiger partial charge in [0, 0.05) is 22.8 Å². The van der Waals surface area contributed by atoms with Crippen molar-refractivity contribution in [1.29, 1.82) is 0 Å². The van der Waals surface area contributed by atoms with Crippen molar-refractivity contribution in [2.45, 2.75) is 0 Å². The number of benzene rings is 2. The third kappa shape index (κ3) is 2.21. The first-order valence-electron chi connectivity index (χ1n) is 4.84. The zero-order chi connectivity index (χ0) is 10.7. The molecule has 0 heterocycles. The predicted molar refractivity (Wildman–Crippen MR) is 69.1 cm³/mol. The highest BCUT2D eigenvalue weighted by molar-refractivity contribution is 9.10. The van der Waals surface area contributed by atoms with Gasteiger partial charge in [-0.15, -0.1) is 0 Å². The average Bonchev–Trinajstić information content (AvgIpc) is 2.30. The van der Waals surface area contributed by atoms with Gasteiger partial charge in [-0.05, 0) is 23.8 Å². The molecule has 0 unspecified atom stereocenters. The Labute approximate surface area is 98.3 Å². The minimum atomic E-state index is 1.10. The van der Waals surface area contributed by atoms with Gasteiger partial charge < -0.3 is 5.32 Å². The van der Waals surface area contributed by atoms with Crippen LogP contribution in [0.3, 0.4) is 0 Å². The van der Waals surface area contributed by atoms with Gasteiger partial charge >= 0.3 is 0 Å². The molecule has 0 radical (unpaired) electrons. The van der Waals surface area contributed by atoms with Gasteiger partial charge in [-0.2, -0.15) is 0 Å². The van der Waals surface area contributed by atoms with Crippen LogP contribution in [0.25, 0.3) is 11.1 Å². The summed E-state index contributed by atoms with van der Waals surface area (Å²) < 4.78 is 1.10. The standard InChI is InChI=1S/C13H12BrN/c1-15-13-8-7-11(14)9-12(13)10-5-3-2-4-6-10/h2-9,15H,1H3. The van der Waals surface area contributed by atoms with E-state index in [0.717, 1.165) is 10.2 Å². The first kappa shape index (κ1) is 10.2. The van der Waals surface area contributed by atoms with E-state index in [-0.39, 0.29) is 0 Å². The molecule has 1 nitrogen and oxygen atoms in total. The van der Waals surface area contributed by atoms with Crippen molar-refractivity contribution in [3.63, 3.8) is 0 Å². The summed E-state index contributed by atoms with van der Waals surface area (Å²) in [7, 11) is 1.94. The molecule has 0 bridgehead atoms. The van der Waals surface area contributed by atoms with Crippen LogP contribution in [-0.4, -0.2) is 7.05 Å². The Hall–Kier alpha value is -1.28. The normalized spacial score (nSPS) is 10.0. The van der Waals surface area contributed by atoms with Gasteiger partial charge in [-0.3, -0.25) is 0 Å². The molecule has 0 saturated carbocycles. The van der Waals surface area contributed by atoms with E-state index in [9.17, 15) is 0 Å². The van der Waals surface area contributed by atoms with Crippen LogP contribution in [0.15, 0.2) is 53.0 Å². The van der Waals surface area contributed by atoms with Gasteiger partial charge in [0.2, 0.25) is 0 Å². The zero-order valence-electron chi connectivity index (χ0n) is 8.50. The number of anilines is 1. The van der Waals surface area contributed by atoms with E-state index in [0.29, 0.717) is 0 Å². The van der Waals surface area contributed by atoms with Crippen molar-refractivity contribution in [2.24, 2.45) is 0 Å². The monoisotopic (exact) mass is 261 g/mol. The Kier molecular flexibility index (Phi) is 3.07. The van der Waals surface area contributed by atoms with Gasteiger partial charge in [0.15, 0.2) is 0 Å². The molecule has 0 fully saturated rings. The summed E-state index contributed by atoms with van der Waals surface area (Å²) in [5, 5.41) is 3.20. The third-order valence-electron chi connectivity index (χ3n) is 2.34. The molecular weight excluding hydrogens is 250 g/mol. The van der Waals surface area contributed by atoms with Crippen LogP contribution in [0.5, 0.6) is 0 Å². The Morgan fingerprint density at radius 1 is 1.00 bits per heavy atom. The van der Waals surface area contributed by atoms with Gasteiger partial charge in [0.1, 0.15) is 0 Å². The Morgan fingerprint density at radius 2 is 1.73 bits per heavy atom. The van der Waals surface area contributed by atoms with Crippen molar-refractivity contribution in [2.75, 3.05) is 12.4 Å². The van der Waals surface area contributed by atoms with Gasteiger partial charge in [-0.1, -0.05) is 46.3 Å². The van der Waals surface area contributed by atoms with Crippen LogP contribution in [0.4, 0.5) is 5.69 Å². The Bertz CT molecular complexity index is 451. The topological polar surface area (TPSA) is 12.0 Å². The first-order chi connectivity index (χ1) is 7.31. The maximum Gasteiger partial charge on any atom is 0.0418 e. The predicted octanol–water partition coefficient (Wildman–Crippen LogP) is 4.16. The molecule has 0 aliphatic rings. The van der Waals surface area contributed by atoms with E-state index in [1.54, 1.807) is 0 Å². The van der Waals surface area contributed by atoms with Crippen molar-refractivity contribution in [1.82, 2.24) is 0 Å². The third-order valence-corrected chi connectivity index (χ3v) is 2.83. The van der Waals surface area contributed by atoms with E-state index < -0.39 is 0 Å². The lowest BCUT2D eigenvalue weighted by molar-refractivity contribution is 1.49. The van der Waals surface area contributed by atoms with Crippen molar-refractivity contribution in [3.8, 4) is 11.1 Å². The lowest BCUT2D eigenvalue weighted by atomic mass is 10.0. The summed E-state index contributed by atoms with van der Waals surface area (Å²) in [5.74, 6) is 0. The molecular formula is C13H12BrN. The number of hydrogen-bond donors (Lipinski definition) is 1. The summed E-state index contributed by atoms with van der Waals surface area (Å²) in [6, 6.07) is 16.6. The highest BCUT2D eigenvalue weighted by Gasteiger charge is 2.03. The Balaban J connectivity index is 2.56. The van der Waals surface area contributed by atoms with Crippen LogP contribution in [0, 0.1) is 0 Å². The summed E-state index contributed by atoms with van der Waals surface area (Å²) in [4.78, 5) is 0. The minimum absolute atomic E-state index is 1.10. The summed E-state index contributed by atoms with van der Waals surface area (Å²) in [5.41, 5.74) is 3.58. The number of hydrogen-bond acceptors (Lipinski definition) is 1. The van der Waals surface area contributed by atoms with E-state index in [1.807, 2.05) is 19.2 Å². The number of nitrogens with one attached hydrogen (secondary N) is 1. The number of halogens is 1. The summed E-state index contributed by atoms with van der Waals surface area (Å²) >= 11 is 3.49. The fourth-order valence-corrected chi connectivity index (χ4v) is 1.95. The van der Waals surface area contributed by atoms with Gasteiger partial charge in [0.05, 0.1) is 0 Å². The fourth-order valence-electron chi connectivity index (χ4n) is 1.59. The van der Waals surface area contributed by atoms with Crippen LogP contribution < -0.4 is 5.32 Å². The molecule has 2 aromatic rings. The quantitative estimate of drug-likeness (QED) is 0.856. The molecule has 0 saturated heterocycles. The molecule has 2 aromatic carbocycles. The lowest BCUT2D eigenvalue weighted by Gasteiger charge is -2.09. The second-order valence-corrected chi connectivity index (χ2v) is 4.22. The van der Waals surface area contributed by atoms with Gasteiger partial charge in [0.25, 0.3) is 0 Å².